The van der Waals surface area contributed by atoms with Crippen LogP contribution in [0.2, 0.25) is 4.47 Å². The lowest BCUT2D eigenvalue weighted by Crippen LogP contribution is -2.36. The zero-order valence-corrected chi connectivity index (χ0v) is 10.7. The van der Waals surface area contributed by atoms with Gasteiger partial charge in [0.1, 0.15) is 5.01 Å². The highest BCUT2D eigenvalue weighted by Gasteiger charge is 2.21. The van der Waals surface area contributed by atoms with Crippen molar-refractivity contribution >= 4 is 22.9 Å². The normalized spacial score (nSPS) is 23.2. The second-order valence-corrected chi connectivity index (χ2v) is 5.75. The standard InChI is InChI=1S/C10H16ClN3OS/c11-10-13-12-9(16-10)6-14-5-3-1-2-4-8(14)7-15/h8,15H,1-7H2. The Labute approximate surface area is 104 Å². The Hall–Kier alpha value is -0.230. The zero-order chi connectivity index (χ0) is 11.4. The molecule has 1 aromatic heterocycles. The van der Waals surface area contributed by atoms with E-state index in [-0.39, 0.29) is 12.6 Å². The summed E-state index contributed by atoms with van der Waals surface area (Å²) in [4.78, 5) is 2.30. The third kappa shape index (κ3) is 3.13. The lowest BCUT2D eigenvalue weighted by molar-refractivity contribution is 0.118. The number of hydrogen-bond acceptors (Lipinski definition) is 5. The molecule has 2 rings (SSSR count). The minimum absolute atomic E-state index is 0.229. The molecule has 1 saturated heterocycles. The third-order valence-electron chi connectivity index (χ3n) is 2.99. The molecular weight excluding hydrogens is 246 g/mol. The molecule has 0 amide bonds. The van der Waals surface area contributed by atoms with Crippen LogP contribution in [0.3, 0.4) is 0 Å². The summed E-state index contributed by atoms with van der Waals surface area (Å²) >= 11 is 7.18. The molecule has 1 aliphatic heterocycles. The van der Waals surface area contributed by atoms with Crippen LogP contribution in [0.1, 0.15) is 30.7 Å². The fourth-order valence-electron chi connectivity index (χ4n) is 2.12. The molecule has 1 aliphatic rings. The van der Waals surface area contributed by atoms with Gasteiger partial charge in [0, 0.05) is 6.04 Å². The van der Waals surface area contributed by atoms with E-state index in [0.717, 1.165) is 24.5 Å². The van der Waals surface area contributed by atoms with Gasteiger partial charge in [0.2, 0.25) is 4.47 Å². The molecule has 0 aliphatic carbocycles. The van der Waals surface area contributed by atoms with Gasteiger partial charge in [0.25, 0.3) is 0 Å². The van der Waals surface area contributed by atoms with Crippen molar-refractivity contribution in [3.05, 3.63) is 9.47 Å². The van der Waals surface area contributed by atoms with Gasteiger partial charge in [-0.15, -0.1) is 10.2 Å². The first kappa shape index (κ1) is 12.2. The number of nitrogens with zero attached hydrogens (tertiary/aromatic N) is 3. The highest BCUT2D eigenvalue weighted by molar-refractivity contribution is 7.15. The first-order chi connectivity index (χ1) is 7.79. The third-order valence-corrected chi connectivity index (χ3v) is 3.99. The largest absolute Gasteiger partial charge is 0.395 e. The highest BCUT2D eigenvalue weighted by atomic mass is 35.5. The van der Waals surface area contributed by atoms with Crippen molar-refractivity contribution in [3.8, 4) is 0 Å². The van der Waals surface area contributed by atoms with Crippen molar-refractivity contribution in [1.29, 1.82) is 0 Å². The lowest BCUT2D eigenvalue weighted by Gasteiger charge is -2.27. The Morgan fingerprint density at radius 2 is 2.25 bits per heavy atom. The summed E-state index contributed by atoms with van der Waals surface area (Å²) < 4.78 is 0.491. The fourth-order valence-corrected chi connectivity index (χ4v) is 3.02. The molecule has 1 aromatic rings. The molecule has 16 heavy (non-hydrogen) atoms. The number of rotatable bonds is 3. The molecule has 6 heteroatoms. The molecule has 1 N–H and O–H groups in total. The fraction of sp³-hybridized carbons (Fsp3) is 0.800. The van der Waals surface area contributed by atoms with E-state index >= 15 is 0 Å². The van der Waals surface area contributed by atoms with Crippen LogP contribution >= 0.6 is 22.9 Å². The molecule has 1 atom stereocenters. The number of halogens is 1. The minimum atomic E-state index is 0.229. The molecule has 1 unspecified atom stereocenters. The molecule has 0 radical (unpaired) electrons. The van der Waals surface area contributed by atoms with Crippen molar-refractivity contribution in [1.82, 2.24) is 15.1 Å². The number of aliphatic hydroxyl groups is 1. The van der Waals surface area contributed by atoms with E-state index in [4.69, 9.17) is 11.6 Å². The van der Waals surface area contributed by atoms with E-state index in [1.54, 1.807) is 0 Å². The number of aromatic nitrogens is 2. The summed E-state index contributed by atoms with van der Waals surface area (Å²) in [5.74, 6) is 0. The quantitative estimate of drug-likeness (QED) is 0.903. The average Bonchev–Trinajstić information content (AvgIpc) is 2.56. The molecular formula is C10H16ClN3OS. The SMILES string of the molecule is OCC1CCCCCN1Cc1nnc(Cl)s1. The molecule has 0 spiro atoms. The maximum Gasteiger partial charge on any atom is 0.207 e. The Bertz CT molecular complexity index is 334. The molecule has 4 nitrogen and oxygen atoms in total. The summed E-state index contributed by atoms with van der Waals surface area (Å²) in [5.41, 5.74) is 0. The average molecular weight is 262 g/mol. The second-order valence-electron chi connectivity index (χ2n) is 4.10. The molecule has 0 aromatic carbocycles. The van der Waals surface area contributed by atoms with Gasteiger partial charge in [-0.05, 0) is 31.0 Å². The van der Waals surface area contributed by atoms with Crippen LogP contribution in [0.5, 0.6) is 0 Å². The second kappa shape index (κ2) is 5.91. The van der Waals surface area contributed by atoms with Crippen molar-refractivity contribution in [2.24, 2.45) is 0 Å². The van der Waals surface area contributed by atoms with Crippen LogP contribution in [0.25, 0.3) is 0 Å². The summed E-state index contributed by atoms with van der Waals surface area (Å²) in [5, 5.41) is 18.1. The Balaban J connectivity index is 1.99. The molecule has 90 valence electrons. The predicted octanol–water partition coefficient (Wildman–Crippen LogP) is 1.93. The summed E-state index contributed by atoms with van der Waals surface area (Å²) in [7, 11) is 0. The number of aliphatic hydroxyl groups excluding tert-OH is 1. The number of hydrogen-bond donors (Lipinski definition) is 1. The maximum atomic E-state index is 9.37. The van der Waals surface area contributed by atoms with Crippen molar-refractivity contribution in [2.45, 2.75) is 38.3 Å². The van der Waals surface area contributed by atoms with Gasteiger partial charge in [0.15, 0.2) is 0 Å². The van der Waals surface area contributed by atoms with Crippen LogP contribution < -0.4 is 0 Å². The molecule has 0 bridgehead atoms. The van der Waals surface area contributed by atoms with E-state index in [2.05, 4.69) is 15.1 Å². The zero-order valence-electron chi connectivity index (χ0n) is 9.10. The van der Waals surface area contributed by atoms with Crippen molar-refractivity contribution < 1.29 is 5.11 Å². The van der Waals surface area contributed by atoms with Crippen LogP contribution in [-0.4, -0.2) is 39.4 Å². The van der Waals surface area contributed by atoms with Crippen LogP contribution in [0.15, 0.2) is 0 Å². The topological polar surface area (TPSA) is 49.2 Å². The number of likely N-dealkylation sites (tertiary alicyclic amines) is 1. The Morgan fingerprint density at radius 3 is 2.94 bits per heavy atom. The summed E-state index contributed by atoms with van der Waals surface area (Å²) in [6.45, 7) is 2.02. The van der Waals surface area contributed by atoms with Gasteiger partial charge in [-0.3, -0.25) is 4.90 Å². The van der Waals surface area contributed by atoms with Crippen LogP contribution in [-0.2, 0) is 6.54 Å². The van der Waals surface area contributed by atoms with Gasteiger partial charge in [-0.25, -0.2) is 0 Å². The minimum Gasteiger partial charge on any atom is -0.395 e. The monoisotopic (exact) mass is 261 g/mol. The highest BCUT2D eigenvalue weighted by Crippen LogP contribution is 2.21. The summed E-state index contributed by atoms with van der Waals surface area (Å²) in [6.07, 6.45) is 4.73. The van der Waals surface area contributed by atoms with E-state index in [1.807, 2.05) is 0 Å². The first-order valence-electron chi connectivity index (χ1n) is 5.62. The Morgan fingerprint density at radius 1 is 1.38 bits per heavy atom. The van der Waals surface area contributed by atoms with E-state index in [9.17, 15) is 5.11 Å². The van der Waals surface area contributed by atoms with Crippen molar-refractivity contribution in [2.75, 3.05) is 13.2 Å². The lowest BCUT2D eigenvalue weighted by atomic mass is 10.1. The van der Waals surface area contributed by atoms with E-state index < -0.39 is 0 Å². The van der Waals surface area contributed by atoms with Crippen LogP contribution in [0, 0.1) is 0 Å². The van der Waals surface area contributed by atoms with E-state index in [1.165, 1.54) is 30.6 Å². The molecule has 0 saturated carbocycles. The van der Waals surface area contributed by atoms with Gasteiger partial charge in [0.05, 0.1) is 13.2 Å². The van der Waals surface area contributed by atoms with Crippen molar-refractivity contribution in [3.63, 3.8) is 0 Å². The van der Waals surface area contributed by atoms with E-state index in [0.29, 0.717) is 4.47 Å². The van der Waals surface area contributed by atoms with Crippen LogP contribution in [0.4, 0.5) is 0 Å². The molecule has 1 fully saturated rings. The van der Waals surface area contributed by atoms with Gasteiger partial charge in [-0.2, -0.15) is 0 Å². The van der Waals surface area contributed by atoms with Gasteiger partial charge in [-0.1, -0.05) is 24.2 Å². The molecule has 2 heterocycles. The maximum absolute atomic E-state index is 9.37. The predicted molar refractivity (Wildman–Crippen MR) is 64.7 cm³/mol. The smallest absolute Gasteiger partial charge is 0.207 e. The Kier molecular flexibility index (Phi) is 4.52. The first-order valence-corrected chi connectivity index (χ1v) is 6.82. The van der Waals surface area contributed by atoms with Gasteiger partial charge >= 0.3 is 0 Å². The van der Waals surface area contributed by atoms with Gasteiger partial charge < -0.3 is 5.11 Å². The summed E-state index contributed by atoms with van der Waals surface area (Å²) in [6, 6.07) is 0.269.